The molecule has 0 spiro atoms. The Bertz CT molecular complexity index is 611. The lowest BCUT2D eigenvalue weighted by Crippen LogP contribution is -2.40. The van der Waals surface area contributed by atoms with Crippen LogP contribution in [0.25, 0.3) is 0 Å². The average molecular weight is 318 g/mol. The minimum absolute atomic E-state index is 0.0409. The van der Waals surface area contributed by atoms with Crippen LogP contribution in [0.1, 0.15) is 19.2 Å². The van der Waals surface area contributed by atoms with Crippen LogP contribution in [0.3, 0.4) is 0 Å². The molecule has 0 aliphatic carbocycles. The number of thioether (sulfide) groups is 1. The van der Waals surface area contributed by atoms with E-state index in [1.807, 2.05) is 18.5 Å². The molecular weight excluding hydrogens is 300 g/mol. The molecule has 2 atom stereocenters. The van der Waals surface area contributed by atoms with Crippen LogP contribution in [-0.2, 0) is 21.7 Å². The summed E-state index contributed by atoms with van der Waals surface area (Å²) in [4.78, 5) is 12.0. The maximum Gasteiger partial charge on any atom is 0.233 e. The van der Waals surface area contributed by atoms with Crippen molar-refractivity contribution in [3.8, 4) is 0 Å². The fourth-order valence-corrected chi connectivity index (χ4v) is 4.47. The normalized spacial score (nSPS) is 22.6. The number of hydrogen-bond donors (Lipinski definition) is 1. The summed E-state index contributed by atoms with van der Waals surface area (Å²) in [6.07, 6.45) is 0.495. The second kappa shape index (κ2) is 5.72. The number of nitrogens with zero attached hydrogens (tertiary/aromatic N) is 3. The van der Waals surface area contributed by atoms with Crippen LogP contribution < -0.4 is 5.32 Å². The second-order valence-corrected chi connectivity index (χ2v) is 8.49. The third-order valence-electron chi connectivity index (χ3n) is 3.28. The summed E-state index contributed by atoms with van der Waals surface area (Å²) >= 11 is 1.31. The molecule has 1 fully saturated rings. The molecule has 20 heavy (non-hydrogen) atoms. The molecule has 1 saturated heterocycles. The molecule has 1 aliphatic heterocycles. The summed E-state index contributed by atoms with van der Waals surface area (Å²) in [6.45, 7) is 3.61. The van der Waals surface area contributed by atoms with Crippen LogP contribution in [0.15, 0.2) is 5.16 Å². The number of sulfone groups is 1. The van der Waals surface area contributed by atoms with E-state index < -0.39 is 9.84 Å². The van der Waals surface area contributed by atoms with Crippen molar-refractivity contribution in [3.05, 3.63) is 5.82 Å². The zero-order chi connectivity index (χ0) is 14.9. The van der Waals surface area contributed by atoms with Gasteiger partial charge in [0, 0.05) is 13.1 Å². The zero-order valence-corrected chi connectivity index (χ0v) is 13.3. The Morgan fingerprint density at radius 2 is 2.20 bits per heavy atom. The predicted molar refractivity (Wildman–Crippen MR) is 76.3 cm³/mol. The van der Waals surface area contributed by atoms with Crippen molar-refractivity contribution < 1.29 is 13.2 Å². The number of aromatic nitrogens is 3. The number of nitrogens with one attached hydrogen (secondary N) is 1. The minimum atomic E-state index is -2.98. The third-order valence-corrected chi connectivity index (χ3v) is 6.18. The molecule has 0 bridgehead atoms. The molecule has 1 N–H and O–H groups in total. The molecule has 1 amide bonds. The van der Waals surface area contributed by atoms with Crippen molar-refractivity contribution in [1.29, 1.82) is 0 Å². The summed E-state index contributed by atoms with van der Waals surface area (Å²) in [5.41, 5.74) is 0. The second-order valence-electron chi connectivity index (χ2n) is 4.96. The van der Waals surface area contributed by atoms with Gasteiger partial charge in [-0.3, -0.25) is 4.79 Å². The molecule has 2 rings (SSSR count). The standard InChI is InChI=1S/C11H18N4O3S2/c1-7(19-11-14-13-8(2)15(11)3)10(16)12-9-4-5-20(17,18)6-9/h7,9H,4-6H2,1-3H3,(H,12,16)/t7-,9-/m0/s1. The Morgan fingerprint density at radius 1 is 1.50 bits per heavy atom. The van der Waals surface area contributed by atoms with E-state index in [0.29, 0.717) is 11.6 Å². The average Bonchev–Trinajstić information content (AvgIpc) is 2.85. The van der Waals surface area contributed by atoms with Crippen LogP contribution >= 0.6 is 11.8 Å². The number of carbonyl (C=O) groups excluding carboxylic acids is 1. The lowest BCUT2D eigenvalue weighted by molar-refractivity contribution is -0.120. The molecule has 112 valence electrons. The number of carbonyl (C=O) groups is 1. The highest BCUT2D eigenvalue weighted by molar-refractivity contribution is 8.00. The van der Waals surface area contributed by atoms with Gasteiger partial charge in [-0.1, -0.05) is 11.8 Å². The fourth-order valence-electron chi connectivity index (χ4n) is 1.93. The first-order valence-corrected chi connectivity index (χ1v) is 9.02. The zero-order valence-electron chi connectivity index (χ0n) is 11.7. The molecule has 7 nitrogen and oxygen atoms in total. The predicted octanol–water partition coefficient (Wildman–Crippen LogP) is -0.0926. The first kappa shape index (κ1) is 15.3. The van der Waals surface area contributed by atoms with E-state index in [4.69, 9.17) is 0 Å². The van der Waals surface area contributed by atoms with Gasteiger partial charge in [0.15, 0.2) is 15.0 Å². The molecule has 0 saturated carbocycles. The van der Waals surface area contributed by atoms with Crippen molar-refractivity contribution in [2.24, 2.45) is 7.05 Å². The maximum absolute atomic E-state index is 12.0. The highest BCUT2D eigenvalue weighted by atomic mass is 32.2. The minimum Gasteiger partial charge on any atom is -0.351 e. The van der Waals surface area contributed by atoms with Crippen molar-refractivity contribution in [3.63, 3.8) is 0 Å². The Kier molecular flexibility index (Phi) is 4.38. The quantitative estimate of drug-likeness (QED) is 0.780. The Balaban J connectivity index is 1.91. The third kappa shape index (κ3) is 3.51. The summed E-state index contributed by atoms with van der Waals surface area (Å²) in [7, 11) is -1.14. The molecular formula is C11H18N4O3S2. The first-order chi connectivity index (χ1) is 9.28. The molecule has 1 aromatic heterocycles. The van der Waals surface area contributed by atoms with Gasteiger partial charge in [0.25, 0.3) is 0 Å². The van der Waals surface area contributed by atoms with Gasteiger partial charge in [0.05, 0.1) is 16.8 Å². The van der Waals surface area contributed by atoms with Crippen molar-refractivity contribution in [2.45, 2.75) is 36.7 Å². The van der Waals surface area contributed by atoms with Gasteiger partial charge in [0.1, 0.15) is 5.82 Å². The fraction of sp³-hybridized carbons (Fsp3) is 0.727. The lowest BCUT2D eigenvalue weighted by atomic mass is 10.2. The summed E-state index contributed by atoms with van der Waals surface area (Å²) in [5, 5.41) is 11.0. The molecule has 0 aromatic carbocycles. The molecule has 0 unspecified atom stereocenters. The monoisotopic (exact) mass is 318 g/mol. The summed E-state index contributed by atoms with van der Waals surface area (Å²) in [5.74, 6) is 0.806. The number of hydrogen-bond acceptors (Lipinski definition) is 6. The van der Waals surface area contributed by atoms with Crippen LogP contribution in [-0.4, -0.2) is 51.9 Å². The Hall–Kier alpha value is -1.09. The number of amides is 1. The van der Waals surface area contributed by atoms with E-state index in [9.17, 15) is 13.2 Å². The first-order valence-electron chi connectivity index (χ1n) is 6.32. The van der Waals surface area contributed by atoms with E-state index in [0.717, 1.165) is 5.82 Å². The molecule has 0 radical (unpaired) electrons. The molecule has 1 aliphatic rings. The highest BCUT2D eigenvalue weighted by Gasteiger charge is 2.30. The van der Waals surface area contributed by atoms with E-state index >= 15 is 0 Å². The SMILES string of the molecule is Cc1nnc(S[C@@H](C)C(=O)N[C@H]2CCS(=O)(=O)C2)n1C. The molecule has 9 heteroatoms. The van der Waals surface area contributed by atoms with Gasteiger partial charge in [-0.05, 0) is 20.3 Å². The highest BCUT2D eigenvalue weighted by Crippen LogP contribution is 2.22. The van der Waals surface area contributed by atoms with Gasteiger partial charge in [-0.25, -0.2) is 8.42 Å². The van der Waals surface area contributed by atoms with Crippen LogP contribution in [0.4, 0.5) is 0 Å². The van der Waals surface area contributed by atoms with Gasteiger partial charge < -0.3 is 9.88 Å². The van der Waals surface area contributed by atoms with Gasteiger partial charge in [-0.2, -0.15) is 0 Å². The van der Waals surface area contributed by atoms with E-state index in [1.165, 1.54) is 11.8 Å². The van der Waals surface area contributed by atoms with Gasteiger partial charge >= 0.3 is 0 Å². The van der Waals surface area contributed by atoms with E-state index in [2.05, 4.69) is 15.5 Å². The van der Waals surface area contributed by atoms with Crippen LogP contribution in [0, 0.1) is 6.92 Å². The van der Waals surface area contributed by atoms with Crippen LogP contribution in [0.5, 0.6) is 0 Å². The van der Waals surface area contributed by atoms with Crippen LogP contribution in [0.2, 0.25) is 0 Å². The topological polar surface area (TPSA) is 94.0 Å². The van der Waals surface area contributed by atoms with Crippen molar-refractivity contribution in [2.75, 3.05) is 11.5 Å². The largest absolute Gasteiger partial charge is 0.351 e. The maximum atomic E-state index is 12.0. The Labute approximate surface area is 122 Å². The Morgan fingerprint density at radius 3 is 2.70 bits per heavy atom. The summed E-state index contributed by atoms with van der Waals surface area (Å²) < 4.78 is 24.5. The molecule has 2 heterocycles. The number of aryl methyl sites for hydroxylation is 1. The number of rotatable bonds is 4. The smallest absolute Gasteiger partial charge is 0.233 e. The summed E-state index contributed by atoms with van der Waals surface area (Å²) in [6, 6.07) is -0.267. The van der Waals surface area contributed by atoms with Gasteiger partial charge in [-0.15, -0.1) is 10.2 Å². The van der Waals surface area contributed by atoms with Crippen molar-refractivity contribution in [1.82, 2.24) is 20.1 Å². The lowest BCUT2D eigenvalue weighted by Gasteiger charge is -2.15. The van der Waals surface area contributed by atoms with Gasteiger partial charge in [0.2, 0.25) is 5.91 Å². The van der Waals surface area contributed by atoms with Crippen molar-refractivity contribution >= 4 is 27.5 Å². The van der Waals surface area contributed by atoms with E-state index in [1.54, 1.807) is 6.92 Å². The van der Waals surface area contributed by atoms with E-state index in [-0.39, 0.29) is 28.7 Å². The molecule has 1 aromatic rings.